The highest BCUT2D eigenvalue weighted by Gasteiger charge is 2.23. The van der Waals surface area contributed by atoms with E-state index in [9.17, 15) is 9.59 Å². The molecule has 1 radical (unpaired) electrons. The zero-order valence-corrected chi connectivity index (χ0v) is 7.64. The maximum Gasteiger partial charge on any atom is 0.305 e. The second-order valence-electron chi connectivity index (χ2n) is 3.12. The van der Waals surface area contributed by atoms with E-state index in [-0.39, 0.29) is 12.2 Å². The summed E-state index contributed by atoms with van der Waals surface area (Å²) in [4.78, 5) is 21.8. The van der Waals surface area contributed by atoms with Gasteiger partial charge in [-0.05, 0) is 12.5 Å². The molecule has 14 heavy (non-hydrogen) atoms. The number of hydrogen-bond acceptors (Lipinski definition) is 3. The van der Waals surface area contributed by atoms with Gasteiger partial charge in [0.25, 0.3) is 0 Å². The Morgan fingerprint density at radius 1 is 1.64 bits per heavy atom. The predicted octanol–water partition coefficient (Wildman–Crippen LogP) is 0.293. The molecule has 0 fully saturated rings. The van der Waals surface area contributed by atoms with Gasteiger partial charge in [0.05, 0.1) is 18.4 Å². The van der Waals surface area contributed by atoms with E-state index in [2.05, 4.69) is 6.08 Å². The van der Waals surface area contributed by atoms with Gasteiger partial charge in [-0.15, -0.1) is 0 Å². The van der Waals surface area contributed by atoms with Crippen LogP contribution in [0.1, 0.15) is 12.8 Å². The van der Waals surface area contributed by atoms with E-state index in [1.165, 1.54) is 0 Å². The molecule has 75 valence electrons. The van der Waals surface area contributed by atoms with Gasteiger partial charge in [0.1, 0.15) is 0 Å². The van der Waals surface area contributed by atoms with Crippen LogP contribution in [-0.2, 0) is 9.59 Å². The molecule has 1 rings (SSSR count). The Balaban J connectivity index is 2.55. The Bertz CT molecular complexity index is 282. The van der Waals surface area contributed by atoms with Gasteiger partial charge in [0, 0.05) is 0 Å². The molecule has 0 heterocycles. The lowest BCUT2D eigenvalue weighted by Crippen LogP contribution is -2.36. The van der Waals surface area contributed by atoms with Crippen LogP contribution in [0.2, 0.25) is 0 Å². The van der Waals surface area contributed by atoms with Gasteiger partial charge in [0.15, 0.2) is 5.78 Å². The van der Waals surface area contributed by atoms with Crippen molar-refractivity contribution in [2.75, 3.05) is 0 Å². The molecule has 4 heteroatoms. The van der Waals surface area contributed by atoms with Gasteiger partial charge in [0.2, 0.25) is 0 Å². The summed E-state index contributed by atoms with van der Waals surface area (Å²) < 4.78 is 0. The van der Waals surface area contributed by atoms with Crippen LogP contribution in [-0.4, -0.2) is 22.9 Å². The largest absolute Gasteiger partial charge is 0.481 e. The van der Waals surface area contributed by atoms with Crippen molar-refractivity contribution >= 4 is 11.8 Å². The molecule has 4 nitrogen and oxygen atoms in total. The third-order valence-corrected chi connectivity index (χ3v) is 1.95. The second-order valence-corrected chi connectivity index (χ2v) is 3.12. The van der Waals surface area contributed by atoms with Crippen LogP contribution in [0, 0.1) is 12.0 Å². The van der Waals surface area contributed by atoms with E-state index in [0.29, 0.717) is 0 Å². The number of carboxylic acids is 1. The molecule has 1 aliphatic rings. The minimum Gasteiger partial charge on any atom is -0.481 e. The second kappa shape index (κ2) is 4.72. The van der Waals surface area contributed by atoms with Crippen molar-refractivity contribution in [3.8, 4) is 0 Å². The van der Waals surface area contributed by atoms with Crippen molar-refractivity contribution < 1.29 is 14.7 Å². The van der Waals surface area contributed by atoms with E-state index in [0.717, 1.165) is 6.42 Å². The number of nitrogens with two attached hydrogens (primary N) is 1. The lowest BCUT2D eigenvalue weighted by Gasteiger charge is -2.13. The molecule has 0 amide bonds. The molecule has 0 aliphatic heterocycles. The minimum atomic E-state index is -1.06. The van der Waals surface area contributed by atoms with Crippen LogP contribution in [0.5, 0.6) is 0 Å². The molecule has 0 saturated heterocycles. The molecular weight excluding hydrogens is 182 g/mol. The first-order valence-electron chi connectivity index (χ1n) is 4.36. The maximum atomic E-state index is 11.5. The first-order chi connectivity index (χ1) is 6.61. The van der Waals surface area contributed by atoms with Crippen LogP contribution >= 0.6 is 0 Å². The first kappa shape index (κ1) is 10.7. The normalized spacial score (nSPS) is 18.1. The molecule has 0 aromatic carbocycles. The predicted molar refractivity (Wildman–Crippen MR) is 50.3 cm³/mol. The van der Waals surface area contributed by atoms with Gasteiger partial charge in [-0.1, -0.05) is 18.2 Å². The number of aliphatic carboxylic acids is 1. The highest BCUT2D eigenvalue weighted by atomic mass is 16.4. The number of rotatable bonds is 4. The van der Waals surface area contributed by atoms with Crippen molar-refractivity contribution in [2.24, 2.45) is 11.7 Å². The fraction of sp³-hybridized carbons (Fsp3) is 0.400. The van der Waals surface area contributed by atoms with Crippen LogP contribution in [0.3, 0.4) is 0 Å². The number of ketones is 1. The van der Waals surface area contributed by atoms with E-state index in [1.54, 1.807) is 12.2 Å². The van der Waals surface area contributed by atoms with Crippen molar-refractivity contribution in [1.82, 2.24) is 0 Å². The Morgan fingerprint density at radius 2 is 2.36 bits per heavy atom. The summed E-state index contributed by atoms with van der Waals surface area (Å²) in [6.45, 7) is 0. The summed E-state index contributed by atoms with van der Waals surface area (Å²) in [6, 6.07) is -0.943. The minimum absolute atomic E-state index is 0.292. The molecule has 0 aromatic heterocycles. The van der Waals surface area contributed by atoms with E-state index in [4.69, 9.17) is 10.8 Å². The summed E-state index contributed by atoms with van der Waals surface area (Å²) in [7, 11) is 0. The zero-order valence-electron chi connectivity index (χ0n) is 7.64. The standard InChI is InChI=1S/C10H12NO3/c11-8(6-9(12)13)10(14)7-4-2-1-3-5-7/h2-4,7-8H,1,6,11H2,(H,12,13)/t7?,8-/m0/s1. The smallest absolute Gasteiger partial charge is 0.305 e. The average molecular weight is 194 g/mol. The molecule has 2 atom stereocenters. The van der Waals surface area contributed by atoms with Gasteiger partial charge in [-0.2, -0.15) is 0 Å². The highest BCUT2D eigenvalue weighted by molar-refractivity contribution is 5.91. The number of hydrogen-bond donors (Lipinski definition) is 2. The third-order valence-electron chi connectivity index (χ3n) is 1.95. The maximum absolute atomic E-state index is 11.5. The summed E-state index contributed by atoms with van der Waals surface area (Å²) >= 11 is 0. The van der Waals surface area contributed by atoms with Gasteiger partial charge in [-0.25, -0.2) is 0 Å². The zero-order chi connectivity index (χ0) is 10.6. The van der Waals surface area contributed by atoms with Crippen LogP contribution in [0.25, 0.3) is 0 Å². The van der Waals surface area contributed by atoms with Gasteiger partial charge >= 0.3 is 5.97 Å². The van der Waals surface area contributed by atoms with E-state index >= 15 is 0 Å². The fourth-order valence-corrected chi connectivity index (χ4v) is 1.23. The Morgan fingerprint density at radius 3 is 2.86 bits per heavy atom. The van der Waals surface area contributed by atoms with Crippen molar-refractivity contribution in [3.05, 3.63) is 24.3 Å². The van der Waals surface area contributed by atoms with Crippen molar-refractivity contribution in [2.45, 2.75) is 18.9 Å². The molecule has 0 bridgehead atoms. The Hall–Kier alpha value is -1.42. The number of allylic oxidation sites excluding steroid dienone is 4. The van der Waals surface area contributed by atoms with Crippen molar-refractivity contribution in [3.63, 3.8) is 0 Å². The SMILES string of the molecule is N[C@@H](CC(=O)O)C(=O)C1[C]=CCC=C1. The average Bonchev–Trinajstić information content (AvgIpc) is 2.17. The quantitative estimate of drug-likeness (QED) is 0.630. The highest BCUT2D eigenvalue weighted by Crippen LogP contribution is 2.11. The molecule has 0 aromatic rings. The lowest BCUT2D eigenvalue weighted by atomic mass is 9.93. The molecule has 3 N–H and O–H groups in total. The molecule has 0 saturated carbocycles. The molecular formula is C10H12NO3. The molecule has 1 unspecified atom stereocenters. The summed E-state index contributed by atoms with van der Waals surface area (Å²) in [5, 5.41) is 8.45. The summed E-state index contributed by atoms with van der Waals surface area (Å²) in [5.41, 5.74) is 5.43. The first-order valence-corrected chi connectivity index (χ1v) is 4.36. The van der Waals surface area contributed by atoms with Gasteiger partial charge < -0.3 is 10.8 Å². The van der Waals surface area contributed by atoms with Crippen LogP contribution in [0.4, 0.5) is 0 Å². The number of carbonyl (C=O) groups excluding carboxylic acids is 1. The monoisotopic (exact) mass is 194 g/mol. The lowest BCUT2D eigenvalue weighted by molar-refractivity contribution is -0.139. The van der Waals surface area contributed by atoms with Crippen LogP contribution < -0.4 is 5.73 Å². The number of carbonyl (C=O) groups is 2. The fourth-order valence-electron chi connectivity index (χ4n) is 1.23. The third kappa shape index (κ3) is 2.81. The number of Topliss-reactive ketones (excluding diaryl/α,β-unsaturated/α-hetero) is 1. The number of carboxylic acid groups (broad SMARTS) is 1. The molecule has 1 aliphatic carbocycles. The Labute approximate surface area is 82.1 Å². The molecule has 0 spiro atoms. The van der Waals surface area contributed by atoms with Crippen LogP contribution in [0.15, 0.2) is 18.2 Å². The Kier molecular flexibility index (Phi) is 3.59. The summed E-state index contributed by atoms with van der Waals surface area (Å²) in [6.07, 6.45) is 8.56. The van der Waals surface area contributed by atoms with E-state index in [1.807, 2.05) is 6.08 Å². The van der Waals surface area contributed by atoms with E-state index < -0.39 is 17.9 Å². The summed E-state index contributed by atoms with van der Waals surface area (Å²) in [5.74, 6) is -1.83. The van der Waals surface area contributed by atoms with Crippen molar-refractivity contribution in [1.29, 1.82) is 0 Å². The topological polar surface area (TPSA) is 80.4 Å². The van der Waals surface area contributed by atoms with Gasteiger partial charge in [-0.3, -0.25) is 9.59 Å².